The van der Waals surface area contributed by atoms with Crippen LogP contribution in [-0.2, 0) is 11.3 Å². The van der Waals surface area contributed by atoms with Crippen LogP contribution < -0.4 is 20.3 Å². The van der Waals surface area contributed by atoms with E-state index in [1.54, 1.807) is 6.92 Å². The second-order valence-electron chi connectivity index (χ2n) is 7.75. The van der Waals surface area contributed by atoms with Gasteiger partial charge in [-0.15, -0.1) is 0 Å². The van der Waals surface area contributed by atoms with Gasteiger partial charge in [-0.3, -0.25) is 14.5 Å². The first-order valence-corrected chi connectivity index (χ1v) is 10.5. The molecule has 2 aliphatic rings. The number of piperazine rings is 1. The molecular weight excluding hydrogens is 380 g/mol. The Morgan fingerprint density at radius 1 is 1.13 bits per heavy atom. The van der Waals surface area contributed by atoms with Crippen molar-refractivity contribution in [1.29, 1.82) is 0 Å². The van der Waals surface area contributed by atoms with Gasteiger partial charge in [0.2, 0.25) is 0 Å². The summed E-state index contributed by atoms with van der Waals surface area (Å²) in [6.07, 6.45) is -0.452. The summed E-state index contributed by atoms with van der Waals surface area (Å²) in [6, 6.07) is 13.8. The summed E-state index contributed by atoms with van der Waals surface area (Å²) in [5.74, 6) is 0.591. The van der Waals surface area contributed by atoms with E-state index in [9.17, 15) is 9.59 Å². The normalized spacial score (nSPS) is 18.9. The maximum Gasteiger partial charge on any atom is 0.265 e. The number of carbonyl (C=O) groups is 2. The standard InChI is InChI=1S/C23H28N4O3/c1-3-24-23(29)18-5-7-19(8-6-18)27-12-10-26(11-13-27)15-17-4-9-21-20(14-17)25-22(28)16(2)30-21/h4-9,14,16H,3,10-13,15H2,1-2H3,(H,24,29)(H,25,28)/t16-/m1/s1. The Morgan fingerprint density at radius 2 is 1.87 bits per heavy atom. The molecule has 0 radical (unpaired) electrons. The Kier molecular flexibility index (Phi) is 5.90. The van der Waals surface area contributed by atoms with E-state index in [-0.39, 0.29) is 11.8 Å². The van der Waals surface area contributed by atoms with E-state index in [2.05, 4.69) is 26.5 Å². The minimum Gasteiger partial charge on any atom is -0.479 e. The highest BCUT2D eigenvalue weighted by Gasteiger charge is 2.24. The predicted molar refractivity (Wildman–Crippen MR) is 117 cm³/mol. The van der Waals surface area contributed by atoms with Gasteiger partial charge in [-0.25, -0.2) is 0 Å². The van der Waals surface area contributed by atoms with Crippen LogP contribution in [0.3, 0.4) is 0 Å². The Bertz CT molecular complexity index is 921. The topological polar surface area (TPSA) is 73.9 Å². The predicted octanol–water partition coefficient (Wildman–Crippen LogP) is 2.48. The smallest absolute Gasteiger partial charge is 0.265 e. The van der Waals surface area contributed by atoms with Crippen LogP contribution in [0.4, 0.5) is 11.4 Å². The van der Waals surface area contributed by atoms with Crippen molar-refractivity contribution in [1.82, 2.24) is 10.2 Å². The molecule has 2 heterocycles. The van der Waals surface area contributed by atoms with Crippen LogP contribution in [0.2, 0.25) is 0 Å². The summed E-state index contributed by atoms with van der Waals surface area (Å²) in [5.41, 5.74) is 3.75. The van der Waals surface area contributed by atoms with Gasteiger partial charge in [0.15, 0.2) is 6.10 Å². The zero-order valence-corrected chi connectivity index (χ0v) is 17.5. The van der Waals surface area contributed by atoms with Gasteiger partial charge in [-0.2, -0.15) is 0 Å². The molecule has 2 N–H and O–H groups in total. The molecule has 2 aromatic rings. The van der Waals surface area contributed by atoms with E-state index in [0.717, 1.165) is 55.4 Å². The van der Waals surface area contributed by atoms with Crippen LogP contribution in [-0.4, -0.2) is 55.5 Å². The minimum absolute atomic E-state index is 0.0324. The fraction of sp³-hybridized carbons (Fsp3) is 0.391. The van der Waals surface area contributed by atoms with Gasteiger partial charge in [0.25, 0.3) is 11.8 Å². The highest BCUT2D eigenvalue weighted by molar-refractivity contribution is 5.97. The minimum atomic E-state index is -0.452. The molecule has 30 heavy (non-hydrogen) atoms. The van der Waals surface area contributed by atoms with E-state index >= 15 is 0 Å². The second-order valence-corrected chi connectivity index (χ2v) is 7.75. The number of hydrogen-bond donors (Lipinski definition) is 2. The summed E-state index contributed by atoms with van der Waals surface area (Å²) >= 11 is 0. The molecule has 7 heteroatoms. The van der Waals surface area contributed by atoms with Crippen LogP contribution in [0.25, 0.3) is 0 Å². The number of carbonyl (C=O) groups excluding carboxylic acids is 2. The lowest BCUT2D eigenvalue weighted by Gasteiger charge is -2.36. The maximum absolute atomic E-state index is 11.9. The first kappa shape index (κ1) is 20.2. The Morgan fingerprint density at radius 3 is 2.57 bits per heavy atom. The second kappa shape index (κ2) is 8.75. The molecular formula is C23H28N4O3. The van der Waals surface area contributed by atoms with Crippen LogP contribution >= 0.6 is 0 Å². The number of fused-ring (bicyclic) bond motifs is 1. The Hall–Kier alpha value is -3.06. The summed E-state index contributed by atoms with van der Waals surface area (Å²) in [6.45, 7) is 8.91. The molecule has 7 nitrogen and oxygen atoms in total. The van der Waals surface area contributed by atoms with Crippen LogP contribution in [0.1, 0.15) is 29.8 Å². The van der Waals surface area contributed by atoms with Crippen molar-refractivity contribution in [3.8, 4) is 5.75 Å². The number of ether oxygens (including phenoxy) is 1. The molecule has 1 fully saturated rings. The molecule has 0 spiro atoms. The molecule has 2 aromatic carbocycles. The summed E-state index contributed by atoms with van der Waals surface area (Å²) in [5, 5.41) is 5.74. The molecule has 0 bridgehead atoms. The lowest BCUT2D eigenvalue weighted by Crippen LogP contribution is -2.46. The molecule has 4 rings (SSSR count). The average Bonchev–Trinajstić information content (AvgIpc) is 2.76. The van der Waals surface area contributed by atoms with Gasteiger partial charge in [0, 0.05) is 50.5 Å². The van der Waals surface area contributed by atoms with Gasteiger partial charge in [-0.1, -0.05) is 6.07 Å². The third-order valence-electron chi connectivity index (χ3n) is 5.59. The lowest BCUT2D eigenvalue weighted by atomic mass is 10.1. The van der Waals surface area contributed by atoms with Crippen LogP contribution in [0.5, 0.6) is 5.75 Å². The Balaban J connectivity index is 1.32. The molecule has 2 amide bonds. The fourth-order valence-electron chi connectivity index (χ4n) is 3.86. The zero-order chi connectivity index (χ0) is 21.1. The lowest BCUT2D eigenvalue weighted by molar-refractivity contribution is -0.122. The number of nitrogens with zero attached hydrogens (tertiary/aromatic N) is 2. The SMILES string of the molecule is CCNC(=O)c1ccc(N2CCN(Cc3ccc4c(c3)NC(=O)[C@@H](C)O4)CC2)cc1. The Labute approximate surface area is 177 Å². The highest BCUT2D eigenvalue weighted by atomic mass is 16.5. The quantitative estimate of drug-likeness (QED) is 0.795. The first-order valence-electron chi connectivity index (χ1n) is 10.5. The van der Waals surface area contributed by atoms with E-state index in [4.69, 9.17) is 4.74 Å². The van der Waals surface area contributed by atoms with Crippen molar-refractivity contribution in [2.24, 2.45) is 0 Å². The number of rotatable bonds is 5. The molecule has 0 aromatic heterocycles. The van der Waals surface area contributed by atoms with Crippen molar-refractivity contribution in [3.05, 3.63) is 53.6 Å². The van der Waals surface area contributed by atoms with E-state index < -0.39 is 6.10 Å². The number of nitrogens with one attached hydrogen (secondary N) is 2. The largest absolute Gasteiger partial charge is 0.479 e. The van der Waals surface area contributed by atoms with Gasteiger partial charge in [0.05, 0.1) is 5.69 Å². The first-order chi connectivity index (χ1) is 14.5. The summed E-state index contributed by atoms with van der Waals surface area (Å²) in [7, 11) is 0. The third-order valence-corrected chi connectivity index (χ3v) is 5.59. The van der Waals surface area contributed by atoms with Gasteiger partial charge in [0.1, 0.15) is 5.75 Å². The van der Waals surface area contributed by atoms with Gasteiger partial charge >= 0.3 is 0 Å². The van der Waals surface area contributed by atoms with E-state index in [1.807, 2.05) is 43.3 Å². The number of hydrogen-bond acceptors (Lipinski definition) is 5. The van der Waals surface area contributed by atoms with E-state index in [0.29, 0.717) is 12.1 Å². The van der Waals surface area contributed by atoms with Crippen molar-refractivity contribution >= 4 is 23.2 Å². The van der Waals surface area contributed by atoms with Gasteiger partial charge < -0.3 is 20.3 Å². The molecule has 0 aliphatic carbocycles. The summed E-state index contributed by atoms with van der Waals surface area (Å²) < 4.78 is 5.63. The van der Waals surface area contributed by atoms with Crippen molar-refractivity contribution in [2.75, 3.05) is 42.9 Å². The number of benzene rings is 2. The van der Waals surface area contributed by atoms with Crippen molar-refractivity contribution in [2.45, 2.75) is 26.5 Å². The van der Waals surface area contributed by atoms with Crippen LogP contribution in [0.15, 0.2) is 42.5 Å². The maximum atomic E-state index is 11.9. The van der Waals surface area contributed by atoms with Crippen LogP contribution in [0, 0.1) is 0 Å². The third kappa shape index (κ3) is 4.41. The molecule has 0 unspecified atom stereocenters. The fourth-order valence-corrected chi connectivity index (χ4v) is 3.86. The number of anilines is 2. The number of amides is 2. The molecule has 1 atom stereocenters. The monoisotopic (exact) mass is 408 g/mol. The molecule has 2 aliphatic heterocycles. The average molecular weight is 409 g/mol. The summed E-state index contributed by atoms with van der Waals surface area (Å²) in [4.78, 5) is 28.5. The highest BCUT2D eigenvalue weighted by Crippen LogP contribution is 2.31. The molecule has 0 saturated carbocycles. The van der Waals surface area contributed by atoms with Gasteiger partial charge in [-0.05, 0) is 55.8 Å². The van der Waals surface area contributed by atoms with Crippen molar-refractivity contribution < 1.29 is 14.3 Å². The zero-order valence-electron chi connectivity index (χ0n) is 17.5. The van der Waals surface area contributed by atoms with E-state index in [1.165, 1.54) is 0 Å². The van der Waals surface area contributed by atoms with Crippen molar-refractivity contribution in [3.63, 3.8) is 0 Å². The molecule has 1 saturated heterocycles. The molecule has 158 valence electrons.